The van der Waals surface area contributed by atoms with Gasteiger partial charge in [-0.05, 0) is 12.1 Å². The Morgan fingerprint density at radius 2 is 2.06 bits per heavy atom. The van der Waals surface area contributed by atoms with Crippen molar-refractivity contribution in [3.05, 3.63) is 28.0 Å². The Bertz CT molecular complexity index is 438. The molecule has 1 aromatic rings. The van der Waals surface area contributed by atoms with Crippen LogP contribution in [0.1, 0.15) is 16.8 Å². The Kier molecular flexibility index (Phi) is 5.18. The molecule has 0 unspecified atom stereocenters. The van der Waals surface area contributed by atoms with Crippen LogP contribution in [0.2, 0.25) is 10.3 Å². The van der Waals surface area contributed by atoms with Gasteiger partial charge in [-0.3, -0.25) is 9.59 Å². The van der Waals surface area contributed by atoms with Crippen LogP contribution in [0.15, 0.2) is 12.1 Å². The molecule has 0 aliphatic rings. The van der Waals surface area contributed by atoms with Crippen molar-refractivity contribution >= 4 is 35.0 Å². The van der Waals surface area contributed by atoms with Gasteiger partial charge in [0, 0.05) is 20.0 Å². The van der Waals surface area contributed by atoms with Gasteiger partial charge in [0.1, 0.15) is 10.3 Å². The number of nitrogens with one attached hydrogen (secondary N) is 2. The third-order valence-electron chi connectivity index (χ3n) is 1.98. The van der Waals surface area contributed by atoms with Crippen molar-refractivity contribution in [1.29, 1.82) is 0 Å². The van der Waals surface area contributed by atoms with Crippen LogP contribution in [0.3, 0.4) is 0 Å². The van der Waals surface area contributed by atoms with Crippen LogP contribution in [0.5, 0.6) is 0 Å². The average Bonchev–Trinajstić information content (AvgIpc) is 2.28. The molecule has 0 atom stereocenters. The van der Waals surface area contributed by atoms with Crippen molar-refractivity contribution in [1.82, 2.24) is 15.6 Å². The van der Waals surface area contributed by atoms with E-state index in [-0.39, 0.29) is 40.6 Å². The Balaban J connectivity index is 2.55. The van der Waals surface area contributed by atoms with E-state index in [1.54, 1.807) is 0 Å². The third-order valence-corrected chi connectivity index (χ3v) is 2.47. The summed E-state index contributed by atoms with van der Waals surface area (Å²) in [7, 11) is 1.53. The minimum Gasteiger partial charge on any atom is -0.359 e. The minimum absolute atomic E-state index is 0.0370. The molecule has 17 heavy (non-hydrogen) atoms. The van der Waals surface area contributed by atoms with Gasteiger partial charge in [-0.2, -0.15) is 0 Å². The average molecular weight is 276 g/mol. The zero-order valence-electron chi connectivity index (χ0n) is 9.09. The first kappa shape index (κ1) is 13.7. The van der Waals surface area contributed by atoms with Gasteiger partial charge >= 0.3 is 0 Å². The van der Waals surface area contributed by atoms with Crippen LogP contribution in [0, 0.1) is 0 Å². The third kappa shape index (κ3) is 4.20. The fourth-order valence-corrected chi connectivity index (χ4v) is 1.52. The smallest absolute Gasteiger partial charge is 0.254 e. The number of hydrogen-bond donors (Lipinski definition) is 2. The summed E-state index contributed by atoms with van der Waals surface area (Å²) >= 11 is 11.4. The lowest BCUT2D eigenvalue weighted by atomic mass is 10.2. The molecule has 0 radical (unpaired) electrons. The summed E-state index contributed by atoms with van der Waals surface area (Å²) in [4.78, 5) is 26.3. The molecule has 0 aromatic carbocycles. The molecule has 0 aliphatic carbocycles. The molecule has 92 valence electrons. The van der Waals surface area contributed by atoms with Gasteiger partial charge in [-0.15, -0.1) is 0 Å². The lowest BCUT2D eigenvalue weighted by molar-refractivity contribution is -0.120. The Labute approximate surface area is 109 Å². The van der Waals surface area contributed by atoms with E-state index in [1.807, 2.05) is 0 Å². The van der Waals surface area contributed by atoms with Gasteiger partial charge in [0.15, 0.2) is 0 Å². The molecule has 0 fully saturated rings. The van der Waals surface area contributed by atoms with Gasteiger partial charge in [-0.25, -0.2) is 4.98 Å². The van der Waals surface area contributed by atoms with Crippen molar-refractivity contribution in [3.63, 3.8) is 0 Å². The zero-order valence-corrected chi connectivity index (χ0v) is 10.6. The number of hydrogen-bond acceptors (Lipinski definition) is 3. The summed E-state index contributed by atoms with van der Waals surface area (Å²) < 4.78 is 0. The maximum atomic E-state index is 11.6. The Morgan fingerprint density at radius 1 is 1.35 bits per heavy atom. The number of nitrogens with zero attached hydrogens (tertiary/aromatic N) is 1. The standard InChI is InChI=1S/C10H11Cl2N3O2/c1-13-8(16)4-5-14-10(17)6-2-3-7(11)15-9(6)12/h2-3H,4-5H2,1H3,(H,13,16)(H,14,17). The van der Waals surface area contributed by atoms with E-state index in [4.69, 9.17) is 23.2 Å². The molecule has 2 N–H and O–H groups in total. The number of halogens is 2. The summed E-state index contributed by atoms with van der Waals surface area (Å²) in [6.45, 7) is 0.234. The summed E-state index contributed by atoms with van der Waals surface area (Å²) in [6, 6.07) is 2.95. The van der Waals surface area contributed by atoms with E-state index in [1.165, 1.54) is 19.2 Å². The predicted octanol–water partition coefficient (Wildman–Crippen LogP) is 1.25. The van der Waals surface area contributed by atoms with E-state index in [0.717, 1.165) is 0 Å². The van der Waals surface area contributed by atoms with Crippen molar-refractivity contribution in [3.8, 4) is 0 Å². The van der Waals surface area contributed by atoms with Crippen LogP contribution in [-0.2, 0) is 4.79 Å². The second-order valence-electron chi connectivity index (χ2n) is 3.15. The Morgan fingerprint density at radius 3 is 2.65 bits per heavy atom. The fraction of sp³-hybridized carbons (Fsp3) is 0.300. The van der Waals surface area contributed by atoms with E-state index in [0.29, 0.717) is 0 Å². The van der Waals surface area contributed by atoms with Gasteiger partial charge in [0.25, 0.3) is 5.91 Å². The quantitative estimate of drug-likeness (QED) is 0.813. The highest BCUT2D eigenvalue weighted by Gasteiger charge is 2.11. The first-order valence-corrected chi connectivity index (χ1v) is 5.61. The summed E-state index contributed by atoms with van der Waals surface area (Å²) in [5, 5.41) is 5.26. The molecule has 1 aromatic heterocycles. The monoisotopic (exact) mass is 275 g/mol. The molecule has 2 amide bonds. The van der Waals surface area contributed by atoms with E-state index in [9.17, 15) is 9.59 Å². The van der Waals surface area contributed by atoms with Crippen LogP contribution in [-0.4, -0.2) is 30.4 Å². The van der Waals surface area contributed by atoms with Crippen LogP contribution in [0.4, 0.5) is 0 Å². The highest BCUT2D eigenvalue weighted by Crippen LogP contribution is 2.16. The molecular weight excluding hydrogens is 265 g/mol. The molecule has 1 rings (SSSR count). The van der Waals surface area contributed by atoms with Crippen molar-refractivity contribution in [2.24, 2.45) is 0 Å². The van der Waals surface area contributed by atoms with E-state index < -0.39 is 0 Å². The largest absolute Gasteiger partial charge is 0.359 e. The van der Waals surface area contributed by atoms with Crippen LogP contribution < -0.4 is 10.6 Å². The number of aromatic nitrogens is 1. The van der Waals surface area contributed by atoms with E-state index >= 15 is 0 Å². The summed E-state index contributed by atoms with van der Waals surface area (Å²) in [5.41, 5.74) is 0.230. The summed E-state index contributed by atoms with van der Waals surface area (Å²) in [6.07, 6.45) is 0.209. The normalized spacial score (nSPS) is 9.82. The van der Waals surface area contributed by atoms with Gasteiger partial charge in [0.2, 0.25) is 5.91 Å². The number of pyridine rings is 1. The minimum atomic E-state index is -0.386. The van der Waals surface area contributed by atoms with Gasteiger partial charge < -0.3 is 10.6 Å². The maximum absolute atomic E-state index is 11.6. The molecule has 0 spiro atoms. The first-order valence-electron chi connectivity index (χ1n) is 4.85. The second-order valence-corrected chi connectivity index (χ2v) is 3.90. The SMILES string of the molecule is CNC(=O)CCNC(=O)c1ccc(Cl)nc1Cl. The van der Waals surface area contributed by atoms with Gasteiger partial charge in [-0.1, -0.05) is 23.2 Å². The molecular formula is C10H11Cl2N3O2. The van der Waals surface area contributed by atoms with Crippen LogP contribution in [0.25, 0.3) is 0 Å². The first-order chi connectivity index (χ1) is 8.04. The lowest BCUT2D eigenvalue weighted by Gasteiger charge is -2.05. The molecule has 0 aliphatic heterocycles. The second kappa shape index (κ2) is 6.42. The van der Waals surface area contributed by atoms with Crippen molar-refractivity contribution < 1.29 is 9.59 Å². The van der Waals surface area contributed by atoms with Gasteiger partial charge in [0.05, 0.1) is 5.56 Å². The van der Waals surface area contributed by atoms with Crippen LogP contribution >= 0.6 is 23.2 Å². The maximum Gasteiger partial charge on any atom is 0.254 e. The molecule has 7 heteroatoms. The van der Waals surface area contributed by atoms with Crippen molar-refractivity contribution in [2.75, 3.05) is 13.6 Å². The zero-order chi connectivity index (χ0) is 12.8. The summed E-state index contributed by atoms with van der Waals surface area (Å²) in [5.74, 6) is -0.534. The number of amides is 2. The number of carbonyl (C=O) groups excluding carboxylic acids is 2. The number of rotatable bonds is 4. The molecule has 0 saturated carbocycles. The highest BCUT2D eigenvalue weighted by atomic mass is 35.5. The molecule has 5 nitrogen and oxygen atoms in total. The number of carbonyl (C=O) groups is 2. The Hall–Kier alpha value is -1.33. The molecule has 1 heterocycles. The lowest BCUT2D eigenvalue weighted by Crippen LogP contribution is -2.29. The highest BCUT2D eigenvalue weighted by molar-refractivity contribution is 6.34. The van der Waals surface area contributed by atoms with Crippen molar-refractivity contribution in [2.45, 2.75) is 6.42 Å². The molecule has 0 bridgehead atoms. The fourth-order valence-electron chi connectivity index (χ4n) is 1.09. The topological polar surface area (TPSA) is 71.1 Å². The van der Waals surface area contributed by atoms with E-state index in [2.05, 4.69) is 15.6 Å². The molecule has 0 saturated heterocycles. The predicted molar refractivity (Wildman–Crippen MR) is 65.3 cm³/mol.